The zero-order valence-corrected chi connectivity index (χ0v) is 7.13. The summed E-state index contributed by atoms with van der Waals surface area (Å²) in [5.41, 5.74) is 0. The molecule has 3 heteroatoms. The Bertz CT molecular complexity index is 152. The third kappa shape index (κ3) is 3.15. The molecule has 56 valence electrons. The number of hydrogen-bond acceptors (Lipinski definition) is 2. The molecule has 0 atom stereocenters. The summed E-state index contributed by atoms with van der Waals surface area (Å²) in [5, 5.41) is 0. The van der Waals surface area contributed by atoms with Crippen LogP contribution in [0.15, 0.2) is 22.7 Å². The minimum Gasteiger partial charge on any atom is -0.351 e. The van der Waals surface area contributed by atoms with Gasteiger partial charge in [-0.25, -0.2) is 0 Å². The highest BCUT2D eigenvalue weighted by Crippen LogP contribution is 2.06. The molecule has 0 radical (unpaired) electrons. The zero-order chi connectivity index (χ0) is 7.23. The quantitative estimate of drug-likeness (QED) is 0.600. The Labute approximate surface area is 68.6 Å². The highest BCUT2D eigenvalue weighted by molar-refractivity contribution is 9.11. The van der Waals surface area contributed by atoms with Crippen LogP contribution in [0.4, 0.5) is 0 Å². The smallest absolute Gasteiger partial charge is 0.147 e. The predicted octanol–water partition coefficient (Wildman–Crippen LogP) is 1.83. The van der Waals surface area contributed by atoms with E-state index in [0.29, 0.717) is 20.0 Å². The molecule has 0 spiro atoms. The number of ether oxygens (including phenoxy) is 2. The molecule has 1 rings (SSSR count). The molecule has 10 heavy (non-hydrogen) atoms. The Hall–Kier alpha value is -0.120. The first kappa shape index (κ1) is 7.98. The molecule has 1 heterocycles. The third-order valence-corrected chi connectivity index (χ3v) is 1.64. The predicted molar refractivity (Wildman–Crippen MR) is 42.9 cm³/mol. The molecule has 0 aromatic rings. The SMILES string of the molecule is BrC1=CCOCOCC=C1. The van der Waals surface area contributed by atoms with E-state index in [1.807, 2.05) is 18.2 Å². The Morgan fingerprint density at radius 2 is 2.10 bits per heavy atom. The van der Waals surface area contributed by atoms with Crippen LogP contribution in [0.3, 0.4) is 0 Å². The fourth-order valence-corrected chi connectivity index (χ4v) is 0.910. The molecule has 0 unspecified atom stereocenters. The number of allylic oxidation sites excluding steroid dienone is 2. The van der Waals surface area contributed by atoms with Crippen LogP contribution in [0.25, 0.3) is 0 Å². The first-order valence-electron chi connectivity index (χ1n) is 3.07. The Morgan fingerprint density at radius 3 is 3.00 bits per heavy atom. The fraction of sp³-hybridized carbons (Fsp3) is 0.429. The van der Waals surface area contributed by atoms with Crippen molar-refractivity contribution in [2.45, 2.75) is 0 Å². The second-order valence-corrected chi connectivity index (χ2v) is 2.77. The Balaban J connectivity index is 2.44. The fourth-order valence-electron chi connectivity index (χ4n) is 0.590. The van der Waals surface area contributed by atoms with E-state index in [1.165, 1.54) is 0 Å². The lowest BCUT2D eigenvalue weighted by molar-refractivity contribution is -0.0327. The van der Waals surface area contributed by atoms with Gasteiger partial charge in [0.25, 0.3) is 0 Å². The van der Waals surface area contributed by atoms with Crippen LogP contribution in [0.1, 0.15) is 0 Å². The molecule has 0 N–H and O–H groups in total. The summed E-state index contributed by atoms with van der Waals surface area (Å²) in [4.78, 5) is 0. The standard InChI is InChI=1S/C7H9BrO2/c8-7-2-1-4-9-6-10-5-3-7/h1-3H,4-6H2. The second kappa shape index (κ2) is 4.66. The summed E-state index contributed by atoms with van der Waals surface area (Å²) < 4.78 is 11.1. The second-order valence-electron chi connectivity index (χ2n) is 1.85. The lowest BCUT2D eigenvalue weighted by Crippen LogP contribution is -1.98. The van der Waals surface area contributed by atoms with Crippen LogP contribution in [-0.4, -0.2) is 20.0 Å². The van der Waals surface area contributed by atoms with Crippen molar-refractivity contribution in [2.75, 3.05) is 20.0 Å². The van der Waals surface area contributed by atoms with Crippen molar-refractivity contribution in [3.8, 4) is 0 Å². The van der Waals surface area contributed by atoms with E-state index < -0.39 is 0 Å². The average Bonchev–Trinajstić information content (AvgIpc) is 2.02. The van der Waals surface area contributed by atoms with Gasteiger partial charge in [0, 0.05) is 4.48 Å². The van der Waals surface area contributed by atoms with Gasteiger partial charge in [-0.1, -0.05) is 22.0 Å². The van der Waals surface area contributed by atoms with Crippen molar-refractivity contribution in [3.63, 3.8) is 0 Å². The molecule has 0 aromatic carbocycles. The summed E-state index contributed by atoms with van der Waals surface area (Å²) in [6, 6.07) is 0. The molecular formula is C7H9BrO2. The van der Waals surface area contributed by atoms with Crippen LogP contribution < -0.4 is 0 Å². The van der Waals surface area contributed by atoms with Crippen LogP contribution in [0, 0.1) is 0 Å². The van der Waals surface area contributed by atoms with E-state index >= 15 is 0 Å². The van der Waals surface area contributed by atoms with E-state index in [4.69, 9.17) is 9.47 Å². The summed E-state index contributed by atoms with van der Waals surface area (Å²) in [6.07, 6.45) is 5.84. The van der Waals surface area contributed by atoms with Gasteiger partial charge in [0.1, 0.15) is 6.79 Å². The molecule has 1 aliphatic rings. The zero-order valence-electron chi connectivity index (χ0n) is 5.55. The van der Waals surface area contributed by atoms with Gasteiger partial charge < -0.3 is 9.47 Å². The van der Waals surface area contributed by atoms with Gasteiger partial charge in [-0.05, 0) is 12.2 Å². The third-order valence-electron chi connectivity index (χ3n) is 1.05. The van der Waals surface area contributed by atoms with E-state index in [9.17, 15) is 0 Å². The molecule has 0 saturated heterocycles. The van der Waals surface area contributed by atoms with Crippen LogP contribution >= 0.6 is 15.9 Å². The van der Waals surface area contributed by atoms with Gasteiger partial charge in [-0.2, -0.15) is 0 Å². The maximum Gasteiger partial charge on any atom is 0.147 e. The number of rotatable bonds is 0. The van der Waals surface area contributed by atoms with Gasteiger partial charge in [-0.15, -0.1) is 0 Å². The van der Waals surface area contributed by atoms with Crippen LogP contribution in [0.2, 0.25) is 0 Å². The summed E-state index contributed by atoms with van der Waals surface area (Å²) >= 11 is 3.35. The average molecular weight is 205 g/mol. The van der Waals surface area contributed by atoms with Crippen molar-refractivity contribution in [1.82, 2.24) is 0 Å². The normalized spacial score (nSPS) is 20.7. The number of halogens is 1. The first-order valence-corrected chi connectivity index (χ1v) is 3.86. The minimum absolute atomic E-state index is 0.376. The van der Waals surface area contributed by atoms with Crippen molar-refractivity contribution in [3.05, 3.63) is 22.7 Å². The van der Waals surface area contributed by atoms with Crippen molar-refractivity contribution < 1.29 is 9.47 Å². The first-order chi connectivity index (χ1) is 4.89. The lowest BCUT2D eigenvalue weighted by Gasteiger charge is -1.97. The highest BCUT2D eigenvalue weighted by Gasteiger charge is 1.89. The number of hydrogen-bond donors (Lipinski definition) is 0. The maximum absolute atomic E-state index is 5.06. The van der Waals surface area contributed by atoms with Crippen molar-refractivity contribution in [2.24, 2.45) is 0 Å². The molecule has 1 aliphatic heterocycles. The maximum atomic E-state index is 5.06. The van der Waals surface area contributed by atoms with Crippen molar-refractivity contribution in [1.29, 1.82) is 0 Å². The van der Waals surface area contributed by atoms with Gasteiger partial charge in [0.2, 0.25) is 0 Å². The molecule has 0 aromatic heterocycles. The van der Waals surface area contributed by atoms with E-state index in [1.54, 1.807) is 0 Å². The topological polar surface area (TPSA) is 18.5 Å². The van der Waals surface area contributed by atoms with Gasteiger partial charge >= 0.3 is 0 Å². The van der Waals surface area contributed by atoms with E-state index in [0.717, 1.165) is 4.48 Å². The molecule has 0 saturated carbocycles. The van der Waals surface area contributed by atoms with Crippen molar-refractivity contribution >= 4 is 15.9 Å². The lowest BCUT2D eigenvalue weighted by atomic mass is 10.4. The summed E-state index contributed by atoms with van der Waals surface area (Å²) in [7, 11) is 0. The van der Waals surface area contributed by atoms with E-state index in [2.05, 4.69) is 15.9 Å². The minimum atomic E-state index is 0.376. The van der Waals surface area contributed by atoms with Crippen LogP contribution in [0.5, 0.6) is 0 Å². The van der Waals surface area contributed by atoms with E-state index in [-0.39, 0.29) is 0 Å². The molecule has 0 fully saturated rings. The monoisotopic (exact) mass is 204 g/mol. The van der Waals surface area contributed by atoms with Crippen LogP contribution in [-0.2, 0) is 9.47 Å². The molecule has 0 bridgehead atoms. The molecule has 2 nitrogen and oxygen atoms in total. The highest BCUT2D eigenvalue weighted by atomic mass is 79.9. The van der Waals surface area contributed by atoms with Gasteiger partial charge in [0.15, 0.2) is 0 Å². The van der Waals surface area contributed by atoms with Gasteiger partial charge in [0.05, 0.1) is 13.2 Å². The molecule has 0 amide bonds. The summed E-state index contributed by atoms with van der Waals surface area (Å²) in [5.74, 6) is 0. The molecular weight excluding hydrogens is 196 g/mol. The largest absolute Gasteiger partial charge is 0.351 e. The molecule has 0 aliphatic carbocycles. The van der Waals surface area contributed by atoms with Gasteiger partial charge in [-0.3, -0.25) is 0 Å². The Morgan fingerprint density at radius 1 is 1.30 bits per heavy atom. The Kier molecular flexibility index (Phi) is 3.72. The summed E-state index contributed by atoms with van der Waals surface area (Å²) in [6.45, 7) is 1.59.